The first-order chi connectivity index (χ1) is 9.75. The van der Waals surface area contributed by atoms with E-state index < -0.39 is 5.97 Å². The van der Waals surface area contributed by atoms with E-state index in [-0.39, 0.29) is 17.4 Å². The van der Waals surface area contributed by atoms with Crippen LogP contribution in [-0.2, 0) is 4.74 Å². The third-order valence-corrected chi connectivity index (χ3v) is 3.94. The maximum absolute atomic E-state index is 12.4. The van der Waals surface area contributed by atoms with E-state index in [0.717, 1.165) is 36.5 Å². The molecule has 104 valence electrons. The topological polar surface area (TPSA) is 46.5 Å². The molecule has 0 amide bonds. The van der Waals surface area contributed by atoms with E-state index in [1.54, 1.807) is 6.07 Å². The van der Waals surface area contributed by atoms with Crippen molar-refractivity contribution in [2.75, 3.05) is 0 Å². The van der Waals surface area contributed by atoms with Gasteiger partial charge in [-0.1, -0.05) is 36.8 Å². The number of esters is 1. The van der Waals surface area contributed by atoms with Gasteiger partial charge in [0.2, 0.25) is 0 Å². The molecule has 3 heteroatoms. The van der Waals surface area contributed by atoms with Crippen LogP contribution in [-0.4, -0.2) is 17.2 Å². The summed E-state index contributed by atoms with van der Waals surface area (Å²) in [5.74, 6) is -0.421. The molecular formula is C17H18O3. The number of fused-ring (bicyclic) bond motifs is 1. The second-order valence-electron chi connectivity index (χ2n) is 5.35. The average Bonchev–Trinajstić information content (AvgIpc) is 2.48. The normalized spacial score (nSPS) is 16.2. The lowest BCUT2D eigenvalue weighted by atomic mass is 9.97. The van der Waals surface area contributed by atoms with Crippen molar-refractivity contribution in [1.82, 2.24) is 0 Å². The molecule has 3 nitrogen and oxygen atoms in total. The van der Waals surface area contributed by atoms with Crippen molar-refractivity contribution in [1.29, 1.82) is 0 Å². The molecule has 0 bridgehead atoms. The zero-order valence-electron chi connectivity index (χ0n) is 11.3. The zero-order valence-corrected chi connectivity index (χ0v) is 11.3. The van der Waals surface area contributed by atoms with Crippen LogP contribution in [0.4, 0.5) is 0 Å². The number of hydrogen-bond acceptors (Lipinski definition) is 3. The van der Waals surface area contributed by atoms with E-state index in [9.17, 15) is 9.90 Å². The Morgan fingerprint density at radius 1 is 1.05 bits per heavy atom. The molecule has 0 spiro atoms. The van der Waals surface area contributed by atoms with Crippen LogP contribution in [0, 0.1) is 0 Å². The number of benzene rings is 2. The Hall–Kier alpha value is -2.03. The molecular weight excluding hydrogens is 252 g/mol. The predicted octanol–water partition coefficient (Wildman–Crippen LogP) is 4.03. The van der Waals surface area contributed by atoms with Gasteiger partial charge in [-0.15, -0.1) is 0 Å². The highest BCUT2D eigenvalue weighted by atomic mass is 16.5. The highest BCUT2D eigenvalue weighted by Crippen LogP contribution is 2.29. The maximum atomic E-state index is 12.4. The first-order valence-electron chi connectivity index (χ1n) is 7.17. The highest BCUT2D eigenvalue weighted by Gasteiger charge is 2.22. The van der Waals surface area contributed by atoms with Gasteiger partial charge in [-0.25, -0.2) is 4.79 Å². The summed E-state index contributed by atoms with van der Waals surface area (Å²) in [6.07, 6.45) is 5.29. The fraction of sp³-hybridized carbons (Fsp3) is 0.353. The second kappa shape index (κ2) is 5.53. The molecule has 0 heterocycles. The molecule has 1 N–H and O–H groups in total. The Morgan fingerprint density at radius 3 is 2.60 bits per heavy atom. The minimum absolute atomic E-state index is 0.00498. The number of aromatic hydroxyl groups is 1. The van der Waals surface area contributed by atoms with E-state index in [1.807, 2.05) is 30.3 Å². The van der Waals surface area contributed by atoms with Gasteiger partial charge in [0.05, 0.1) is 0 Å². The summed E-state index contributed by atoms with van der Waals surface area (Å²) in [5.41, 5.74) is 0.286. The number of rotatable bonds is 2. The number of carbonyl (C=O) groups is 1. The highest BCUT2D eigenvalue weighted by molar-refractivity contribution is 6.07. The standard InChI is InChI=1S/C17H18O3/c18-15-11-10-12-6-4-5-9-14(12)16(15)17(19)20-13-7-2-1-3-8-13/h4-6,9-11,13,18H,1-3,7-8H2. The number of phenols is 1. The fourth-order valence-corrected chi connectivity index (χ4v) is 2.87. The lowest BCUT2D eigenvalue weighted by Crippen LogP contribution is -2.21. The molecule has 2 aromatic carbocycles. The van der Waals surface area contributed by atoms with E-state index in [4.69, 9.17) is 4.74 Å². The Kier molecular flexibility index (Phi) is 3.59. The van der Waals surface area contributed by atoms with Crippen molar-refractivity contribution in [2.45, 2.75) is 38.2 Å². The SMILES string of the molecule is O=C(OC1CCCCC1)c1c(O)ccc2ccccc12. The Labute approximate surface area is 118 Å². The van der Waals surface area contributed by atoms with Crippen molar-refractivity contribution >= 4 is 16.7 Å². The van der Waals surface area contributed by atoms with E-state index in [1.165, 1.54) is 6.42 Å². The Balaban J connectivity index is 1.92. The van der Waals surface area contributed by atoms with Gasteiger partial charge < -0.3 is 9.84 Å². The summed E-state index contributed by atoms with van der Waals surface area (Å²) in [6, 6.07) is 10.9. The van der Waals surface area contributed by atoms with Gasteiger partial charge in [0.25, 0.3) is 0 Å². The zero-order chi connectivity index (χ0) is 13.9. The fourth-order valence-electron chi connectivity index (χ4n) is 2.87. The second-order valence-corrected chi connectivity index (χ2v) is 5.35. The van der Waals surface area contributed by atoms with Crippen molar-refractivity contribution < 1.29 is 14.6 Å². The molecule has 1 aliphatic carbocycles. The van der Waals surface area contributed by atoms with Gasteiger partial charge >= 0.3 is 5.97 Å². The molecule has 0 radical (unpaired) electrons. The smallest absolute Gasteiger partial charge is 0.342 e. The van der Waals surface area contributed by atoms with Gasteiger partial charge in [0.1, 0.15) is 17.4 Å². The van der Waals surface area contributed by atoms with Crippen LogP contribution in [0.25, 0.3) is 10.8 Å². The van der Waals surface area contributed by atoms with Crippen LogP contribution in [0.5, 0.6) is 5.75 Å². The number of phenolic OH excluding ortho intramolecular Hbond substituents is 1. The molecule has 1 saturated carbocycles. The molecule has 0 saturated heterocycles. The van der Waals surface area contributed by atoms with Crippen LogP contribution in [0.15, 0.2) is 36.4 Å². The quantitative estimate of drug-likeness (QED) is 0.838. The van der Waals surface area contributed by atoms with Gasteiger partial charge in [0, 0.05) is 0 Å². The molecule has 0 unspecified atom stereocenters. The lowest BCUT2D eigenvalue weighted by Gasteiger charge is -2.22. The van der Waals surface area contributed by atoms with Crippen LogP contribution in [0.1, 0.15) is 42.5 Å². The van der Waals surface area contributed by atoms with Crippen molar-refractivity contribution in [3.05, 3.63) is 42.0 Å². The monoisotopic (exact) mass is 270 g/mol. The summed E-state index contributed by atoms with van der Waals surface area (Å²) in [6.45, 7) is 0. The molecule has 0 atom stereocenters. The summed E-state index contributed by atoms with van der Waals surface area (Å²) in [5, 5.41) is 11.7. The first-order valence-corrected chi connectivity index (χ1v) is 7.17. The van der Waals surface area contributed by atoms with Crippen molar-refractivity contribution in [2.24, 2.45) is 0 Å². The molecule has 2 aromatic rings. The van der Waals surface area contributed by atoms with E-state index in [0.29, 0.717) is 0 Å². The molecule has 20 heavy (non-hydrogen) atoms. The van der Waals surface area contributed by atoms with Gasteiger partial charge in [-0.2, -0.15) is 0 Å². The van der Waals surface area contributed by atoms with Crippen LogP contribution in [0.2, 0.25) is 0 Å². The van der Waals surface area contributed by atoms with E-state index in [2.05, 4.69) is 0 Å². The summed E-state index contributed by atoms with van der Waals surface area (Å²) in [7, 11) is 0. The first kappa shape index (κ1) is 13.0. The Morgan fingerprint density at radius 2 is 1.80 bits per heavy atom. The predicted molar refractivity (Wildman–Crippen MR) is 77.9 cm³/mol. The number of ether oxygens (including phenoxy) is 1. The summed E-state index contributed by atoms with van der Waals surface area (Å²) < 4.78 is 5.57. The lowest BCUT2D eigenvalue weighted by molar-refractivity contribution is 0.0210. The van der Waals surface area contributed by atoms with Gasteiger partial charge in [-0.3, -0.25) is 0 Å². The summed E-state index contributed by atoms with van der Waals surface area (Å²) in [4.78, 5) is 12.4. The van der Waals surface area contributed by atoms with Crippen LogP contribution >= 0.6 is 0 Å². The third-order valence-electron chi connectivity index (χ3n) is 3.94. The van der Waals surface area contributed by atoms with Gasteiger partial charge in [0.15, 0.2) is 0 Å². The molecule has 0 aliphatic heterocycles. The van der Waals surface area contributed by atoms with Crippen molar-refractivity contribution in [3.63, 3.8) is 0 Å². The average molecular weight is 270 g/mol. The third kappa shape index (κ3) is 2.48. The van der Waals surface area contributed by atoms with Gasteiger partial charge in [-0.05, 0) is 42.5 Å². The summed E-state index contributed by atoms with van der Waals surface area (Å²) >= 11 is 0. The largest absolute Gasteiger partial charge is 0.507 e. The minimum Gasteiger partial charge on any atom is -0.507 e. The maximum Gasteiger partial charge on any atom is 0.342 e. The Bertz CT molecular complexity index is 627. The molecule has 1 fully saturated rings. The van der Waals surface area contributed by atoms with Crippen LogP contribution < -0.4 is 0 Å². The number of carbonyl (C=O) groups excluding carboxylic acids is 1. The van der Waals surface area contributed by atoms with Crippen molar-refractivity contribution in [3.8, 4) is 5.75 Å². The molecule has 3 rings (SSSR count). The molecule has 0 aromatic heterocycles. The number of hydrogen-bond donors (Lipinski definition) is 1. The van der Waals surface area contributed by atoms with E-state index >= 15 is 0 Å². The van der Waals surface area contributed by atoms with Crippen LogP contribution in [0.3, 0.4) is 0 Å². The minimum atomic E-state index is -0.411. The molecule has 1 aliphatic rings.